The van der Waals surface area contributed by atoms with Gasteiger partial charge in [-0.3, -0.25) is 10.2 Å². The number of carbonyl (C=O) groups is 1. The Morgan fingerprint density at radius 3 is 2.35 bits per heavy atom. The zero-order chi connectivity index (χ0) is 14.4. The van der Waals surface area contributed by atoms with Crippen LogP contribution in [0.15, 0.2) is 64.8 Å². The lowest BCUT2D eigenvalue weighted by atomic mass is 10.2. The zero-order valence-corrected chi connectivity index (χ0v) is 12.1. The molecule has 0 saturated carbocycles. The fraction of sp³-hybridized carbons (Fsp3) is 0. The number of hydrogen-bond acceptors (Lipinski definition) is 3. The van der Waals surface area contributed by atoms with Gasteiger partial charge in [-0.25, -0.2) is 5.84 Å². The largest absolute Gasteiger partial charge is 0.452 e. The maximum atomic E-state index is 11.7. The molecule has 0 fully saturated rings. The summed E-state index contributed by atoms with van der Waals surface area (Å²) in [5, 5.41) is 0. The Morgan fingerprint density at radius 2 is 1.75 bits per heavy atom. The lowest BCUT2D eigenvalue weighted by Crippen LogP contribution is -2.33. The smallest absolute Gasteiger partial charge is 0.300 e. The molecule has 0 atom stereocenters. The number of nitrogens with one attached hydrogen (secondary N) is 1. The molecule has 4 nitrogen and oxygen atoms in total. The van der Waals surface area contributed by atoms with Crippen LogP contribution in [0.2, 0.25) is 0 Å². The summed E-state index contributed by atoms with van der Waals surface area (Å²) in [5.74, 6) is 5.38. The minimum absolute atomic E-state index is 0.126. The highest BCUT2D eigenvalue weighted by Gasteiger charge is 2.10. The molecule has 102 valence electrons. The van der Waals surface area contributed by atoms with Crippen LogP contribution in [-0.2, 0) is 4.79 Å². The van der Waals surface area contributed by atoms with Crippen LogP contribution in [0.1, 0.15) is 5.56 Å². The maximum absolute atomic E-state index is 11.7. The van der Waals surface area contributed by atoms with Gasteiger partial charge in [0.2, 0.25) is 0 Å². The Labute approximate surface area is 125 Å². The van der Waals surface area contributed by atoms with Gasteiger partial charge in [-0.1, -0.05) is 46.3 Å². The summed E-state index contributed by atoms with van der Waals surface area (Å²) in [6.07, 6.45) is 1.63. The predicted molar refractivity (Wildman–Crippen MR) is 81.5 cm³/mol. The van der Waals surface area contributed by atoms with Crippen LogP contribution in [0, 0.1) is 0 Å². The standard InChI is InChI=1S/C15H13BrN2O2/c16-12-8-6-11(7-9-12)10-14(15(19)18-17)20-13-4-2-1-3-5-13/h1-10H,17H2,(H,18,19)/b14-10-. The molecule has 0 heterocycles. The summed E-state index contributed by atoms with van der Waals surface area (Å²) >= 11 is 3.36. The number of nitrogens with two attached hydrogens (primary N) is 1. The highest BCUT2D eigenvalue weighted by Crippen LogP contribution is 2.17. The van der Waals surface area contributed by atoms with E-state index in [0.29, 0.717) is 5.75 Å². The van der Waals surface area contributed by atoms with Crippen molar-refractivity contribution in [1.29, 1.82) is 0 Å². The summed E-state index contributed by atoms with van der Waals surface area (Å²) in [6, 6.07) is 16.5. The second kappa shape index (κ2) is 6.88. The molecule has 0 bridgehead atoms. The summed E-state index contributed by atoms with van der Waals surface area (Å²) in [5.41, 5.74) is 2.91. The van der Waals surface area contributed by atoms with Gasteiger partial charge in [0, 0.05) is 4.47 Å². The van der Waals surface area contributed by atoms with Crippen molar-refractivity contribution in [2.75, 3.05) is 0 Å². The molecule has 0 spiro atoms. The summed E-state index contributed by atoms with van der Waals surface area (Å²) < 4.78 is 6.52. The van der Waals surface area contributed by atoms with Gasteiger partial charge in [0.25, 0.3) is 0 Å². The number of ether oxygens (including phenoxy) is 1. The van der Waals surface area contributed by atoms with E-state index in [2.05, 4.69) is 21.4 Å². The van der Waals surface area contributed by atoms with Crippen molar-refractivity contribution in [3.63, 3.8) is 0 Å². The molecule has 2 aromatic rings. The molecule has 1 amide bonds. The first-order valence-corrected chi connectivity index (χ1v) is 6.69. The first kappa shape index (κ1) is 14.3. The van der Waals surface area contributed by atoms with E-state index in [-0.39, 0.29) is 5.76 Å². The van der Waals surface area contributed by atoms with E-state index < -0.39 is 5.91 Å². The first-order chi connectivity index (χ1) is 9.69. The van der Waals surface area contributed by atoms with E-state index >= 15 is 0 Å². The summed E-state index contributed by atoms with van der Waals surface area (Å²) in [7, 11) is 0. The maximum Gasteiger partial charge on any atom is 0.300 e. The molecule has 2 aromatic carbocycles. The molecule has 3 N–H and O–H groups in total. The van der Waals surface area contributed by atoms with Gasteiger partial charge in [-0.2, -0.15) is 0 Å². The molecule has 0 aliphatic rings. The molecule has 20 heavy (non-hydrogen) atoms. The van der Waals surface area contributed by atoms with Gasteiger partial charge < -0.3 is 4.74 Å². The van der Waals surface area contributed by atoms with Gasteiger partial charge in [0.15, 0.2) is 5.76 Å². The first-order valence-electron chi connectivity index (χ1n) is 5.90. The number of hydrazine groups is 1. The summed E-state index contributed by atoms with van der Waals surface area (Å²) in [4.78, 5) is 11.7. The third kappa shape index (κ3) is 3.94. The van der Waals surface area contributed by atoms with E-state index in [9.17, 15) is 4.79 Å². The predicted octanol–water partition coefficient (Wildman–Crippen LogP) is 2.86. The Hall–Kier alpha value is -2.11. The van der Waals surface area contributed by atoms with Gasteiger partial charge in [-0.15, -0.1) is 0 Å². The van der Waals surface area contributed by atoms with Crippen molar-refractivity contribution in [2.24, 2.45) is 5.84 Å². The third-order valence-electron chi connectivity index (χ3n) is 2.49. The zero-order valence-electron chi connectivity index (χ0n) is 10.5. The number of amides is 1. The highest BCUT2D eigenvalue weighted by molar-refractivity contribution is 9.10. The van der Waals surface area contributed by atoms with E-state index in [1.807, 2.05) is 42.5 Å². The molecule has 0 saturated heterocycles. The van der Waals surface area contributed by atoms with Crippen LogP contribution >= 0.6 is 15.9 Å². The minimum atomic E-state index is -0.489. The van der Waals surface area contributed by atoms with Crippen LogP contribution in [0.3, 0.4) is 0 Å². The number of halogens is 1. The minimum Gasteiger partial charge on any atom is -0.452 e. The molecule has 5 heteroatoms. The van der Waals surface area contributed by atoms with Crippen molar-refractivity contribution in [3.05, 3.63) is 70.4 Å². The van der Waals surface area contributed by atoms with E-state index in [1.54, 1.807) is 18.2 Å². The topological polar surface area (TPSA) is 64.3 Å². The average Bonchev–Trinajstić information content (AvgIpc) is 2.49. The molecule has 0 radical (unpaired) electrons. The molecule has 0 aromatic heterocycles. The molecule has 0 aliphatic carbocycles. The molecule has 0 aliphatic heterocycles. The number of para-hydroxylation sites is 1. The highest BCUT2D eigenvalue weighted by atomic mass is 79.9. The lowest BCUT2D eigenvalue weighted by molar-refractivity contribution is -0.119. The Balaban J connectivity index is 2.28. The number of rotatable bonds is 4. The molecule has 2 rings (SSSR count). The van der Waals surface area contributed by atoms with Crippen LogP contribution in [0.5, 0.6) is 5.75 Å². The van der Waals surface area contributed by atoms with Gasteiger partial charge >= 0.3 is 5.91 Å². The SMILES string of the molecule is NNC(=O)/C(=C/c1ccc(Br)cc1)Oc1ccccc1. The lowest BCUT2D eigenvalue weighted by Gasteiger charge is -2.08. The number of benzene rings is 2. The fourth-order valence-electron chi connectivity index (χ4n) is 1.54. The van der Waals surface area contributed by atoms with Crippen molar-refractivity contribution in [2.45, 2.75) is 0 Å². The van der Waals surface area contributed by atoms with Crippen LogP contribution < -0.4 is 16.0 Å². The molecule has 0 unspecified atom stereocenters. The van der Waals surface area contributed by atoms with Crippen LogP contribution in [0.4, 0.5) is 0 Å². The quantitative estimate of drug-likeness (QED) is 0.297. The van der Waals surface area contributed by atoms with Gasteiger partial charge in [0.1, 0.15) is 5.75 Å². The second-order valence-electron chi connectivity index (χ2n) is 3.95. The molecular formula is C15H13BrN2O2. The fourth-order valence-corrected chi connectivity index (χ4v) is 1.80. The van der Waals surface area contributed by atoms with Crippen molar-refractivity contribution in [3.8, 4) is 5.75 Å². The number of carbonyl (C=O) groups excluding carboxylic acids is 1. The monoisotopic (exact) mass is 332 g/mol. The Morgan fingerprint density at radius 1 is 1.10 bits per heavy atom. The van der Waals surface area contributed by atoms with E-state index in [1.165, 1.54) is 0 Å². The Kier molecular flexibility index (Phi) is 4.92. The van der Waals surface area contributed by atoms with Gasteiger partial charge in [-0.05, 0) is 35.9 Å². The van der Waals surface area contributed by atoms with Crippen LogP contribution in [-0.4, -0.2) is 5.91 Å². The van der Waals surface area contributed by atoms with E-state index in [0.717, 1.165) is 10.0 Å². The third-order valence-corrected chi connectivity index (χ3v) is 3.02. The number of hydrogen-bond donors (Lipinski definition) is 2. The van der Waals surface area contributed by atoms with Gasteiger partial charge in [0.05, 0.1) is 0 Å². The average molecular weight is 333 g/mol. The van der Waals surface area contributed by atoms with Crippen molar-refractivity contribution in [1.82, 2.24) is 5.43 Å². The summed E-state index contributed by atoms with van der Waals surface area (Å²) in [6.45, 7) is 0. The van der Waals surface area contributed by atoms with Crippen molar-refractivity contribution >= 4 is 27.9 Å². The van der Waals surface area contributed by atoms with Crippen LogP contribution in [0.25, 0.3) is 6.08 Å². The second-order valence-corrected chi connectivity index (χ2v) is 4.86. The van der Waals surface area contributed by atoms with E-state index in [4.69, 9.17) is 10.6 Å². The normalized spacial score (nSPS) is 11.0. The Bertz CT molecular complexity index is 610. The molecular weight excluding hydrogens is 320 g/mol. The van der Waals surface area contributed by atoms with Crippen molar-refractivity contribution < 1.29 is 9.53 Å².